The van der Waals surface area contributed by atoms with Crippen LogP contribution < -0.4 is 10.6 Å². The van der Waals surface area contributed by atoms with E-state index in [1.807, 2.05) is 17.8 Å². The number of benzene rings is 1. The van der Waals surface area contributed by atoms with Crippen molar-refractivity contribution in [3.05, 3.63) is 28.8 Å². The van der Waals surface area contributed by atoms with Gasteiger partial charge in [0.05, 0.1) is 0 Å². The Balaban J connectivity index is 1.75. The van der Waals surface area contributed by atoms with E-state index in [9.17, 15) is 0 Å². The van der Waals surface area contributed by atoms with Gasteiger partial charge in [-0.05, 0) is 61.9 Å². The van der Waals surface area contributed by atoms with Crippen molar-refractivity contribution in [2.75, 3.05) is 18.8 Å². The van der Waals surface area contributed by atoms with Crippen LogP contribution in [-0.4, -0.2) is 24.9 Å². The highest BCUT2D eigenvalue weighted by Gasteiger charge is 2.24. The summed E-state index contributed by atoms with van der Waals surface area (Å²) in [6, 6.07) is 7.45. The molecular weight excluding hydrogens is 264 g/mol. The summed E-state index contributed by atoms with van der Waals surface area (Å²) in [6.07, 6.45) is 3.68. The van der Waals surface area contributed by atoms with Crippen LogP contribution in [0.5, 0.6) is 0 Å². The topological polar surface area (TPSA) is 24.1 Å². The fourth-order valence-corrected chi connectivity index (χ4v) is 4.10. The van der Waals surface area contributed by atoms with Crippen molar-refractivity contribution in [3.8, 4) is 0 Å². The number of halogens is 1. The molecule has 0 aromatic heterocycles. The smallest absolute Gasteiger partial charge is 0.0410 e. The first kappa shape index (κ1) is 12.8. The van der Waals surface area contributed by atoms with E-state index >= 15 is 0 Å². The van der Waals surface area contributed by atoms with Gasteiger partial charge in [0.2, 0.25) is 0 Å². The molecule has 1 saturated heterocycles. The van der Waals surface area contributed by atoms with E-state index in [4.69, 9.17) is 11.6 Å². The summed E-state index contributed by atoms with van der Waals surface area (Å²) in [5, 5.41) is 8.10. The molecule has 0 amide bonds. The Bertz CT molecular complexity index is 418. The van der Waals surface area contributed by atoms with Gasteiger partial charge in [-0.15, -0.1) is 11.8 Å². The molecule has 0 saturated carbocycles. The molecule has 4 heteroatoms. The predicted octanol–water partition coefficient (Wildman–Crippen LogP) is 3.22. The number of fused-ring (bicyclic) bond motifs is 1. The summed E-state index contributed by atoms with van der Waals surface area (Å²) in [5.74, 6) is 1.21. The number of thioether (sulfide) groups is 1. The molecular formula is C14H19ClN2S. The number of piperidine rings is 1. The van der Waals surface area contributed by atoms with Crippen molar-refractivity contribution < 1.29 is 0 Å². The molecule has 18 heavy (non-hydrogen) atoms. The molecule has 0 spiro atoms. The number of nitrogens with one attached hydrogen (secondary N) is 2. The van der Waals surface area contributed by atoms with Gasteiger partial charge in [-0.2, -0.15) is 0 Å². The van der Waals surface area contributed by atoms with E-state index in [-0.39, 0.29) is 0 Å². The Morgan fingerprint density at radius 3 is 2.89 bits per heavy atom. The maximum atomic E-state index is 6.14. The summed E-state index contributed by atoms with van der Waals surface area (Å²) in [7, 11) is 0. The van der Waals surface area contributed by atoms with Crippen molar-refractivity contribution in [2.24, 2.45) is 0 Å². The molecule has 2 aliphatic heterocycles. The van der Waals surface area contributed by atoms with Gasteiger partial charge in [0, 0.05) is 22.0 Å². The largest absolute Gasteiger partial charge is 0.317 e. The zero-order valence-electron chi connectivity index (χ0n) is 10.4. The van der Waals surface area contributed by atoms with Crippen LogP contribution in [0.1, 0.15) is 30.9 Å². The van der Waals surface area contributed by atoms with Gasteiger partial charge >= 0.3 is 0 Å². The zero-order chi connectivity index (χ0) is 12.4. The van der Waals surface area contributed by atoms with E-state index < -0.39 is 0 Å². The van der Waals surface area contributed by atoms with Crippen molar-refractivity contribution in [2.45, 2.75) is 36.2 Å². The van der Waals surface area contributed by atoms with Crippen molar-refractivity contribution in [3.63, 3.8) is 0 Å². The van der Waals surface area contributed by atoms with E-state index in [2.05, 4.69) is 22.8 Å². The molecule has 3 rings (SSSR count). The summed E-state index contributed by atoms with van der Waals surface area (Å²) < 4.78 is 0. The lowest BCUT2D eigenvalue weighted by molar-refractivity contribution is 0.343. The highest BCUT2D eigenvalue weighted by Crippen LogP contribution is 2.37. The van der Waals surface area contributed by atoms with Crippen LogP contribution >= 0.6 is 23.4 Å². The minimum atomic E-state index is 0.489. The SMILES string of the molecule is Clc1ccc2c(c1)C(NC1CCNCC1)CCS2. The monoisotopic (exact) mass is 282 g/mol. The Morgan fingerprint density at radius 1 is 1.22 bits per heavy atom. The number of rotatable bonds is 2. The highest BCUT2D eigenvalue weighted by molar-refractivity contribution is 7.99. The Labute approximate surface area is 118 Å². The Kier molecular flexibility index (Phi) is 4.14. The van der Waals surface area contributed by atoms with E-state index in [1.54, 1.807) is 0 Å². The molecule has 1 atom stereocenters. The van der Waals surface area contributed by atoms with Gasteiger partial charge in [-0.25, -0.2) is 0 Å². The lowest BCUT2D eigenvalue weighted by Gasteiger charge is -2.32. The highest BCUT2D eigenvalue weighted by atomic mass is 35.5. The third-order valence-electron chi connectivity index (χ3n) is 3.79. The summed E-state index contributed by atoms with van der Waals surface area (Å²) >= 11 is 8.09. The second-order valence-electron chi connectivity index (χ2n) is 5.06. The normalized spacial score (nSPS) is 24.8. The van der Waals surface area contributed by atoms with Crippen LogP contribution in [-0.2, 0) is 0 Å². The molecule has 1 aromatic carbocycles. The number of hydrogen-bond donors (Lipinski definition) is 2. The molecule has 0 bridgehead atoms. The Morgan fingerprint density at radius 2 is 2.06 bits per heavy atom. The minimum absolute atomic E-state index is 0.489. The van der Waals surface area contributed by atoms with E-state index in [0.717, 1.165) is 18.1 Å². The fourth-order valence-electron chi connectivity index (χ4n) is 2.81. The van der Waals surface area contributed by atoms with Gasteiger partial charge in [-0.1, -0.05) is 11.6 Å². The quantitative estimate of drug-likeness (QED) is 0.871. The lowest BCUT2D eigenvalue weighted by atomic mass is 9.99. The third-order valence-corrected chi connectivity index (χ3v) is 5.15. The molecule has 2 nitrogen and oxygen atoms in total. The van der Waals surface area contributed by atoms with Crippen molar-refractivity contribution in [1.82, 2.24) is 10.6 Å². The minimum Gasteiger partial charge on any atom is -0.317 e. The summed E-state index contributed by atoms with van der Waals surface area (Å²) in [4.78, 5) is 1.40. The predicted molar refractivity (Wildman–Crippen MR) is 78.6 cm³/mol. The van der Waals surface area contributed by atoms with Crippen LogP contribution in [0, 0.1) is 0 Å². The molecule has 2 heterocycles. The third kappa shape index (κ3) is 2.85. The van der Waals surface area contributed by atoms with E-state index in [1.165, 1.54) is 35.5 Å². The Hall–Kier alpha value is -0.220. The maximum Gasteiger partial charge on any atom is 0.0410 e. The average Bonchev–Trinajstić information content (AvgIpc) is 2.41. The van der Waals surface area contributed by atoms with Crippen molar-refractivity contribution in [1.29, 1.82) is 0 Å². The standard InChI is InChI=1S/C14H19ClN2S/c15-10-1-2-14-12(9-10)13(5-8-18-14)17-11-3-6-16-7-4-11/h1-2,9,11,13,16-17H,3-8H2. The van der Waals surface area contributed by atoms with Crippen molar-refractivity contribution >= 4 is 23.4 Å². The molecule has 0 radical (unpaired) electrons. The zero-order valence-corrected chi connectivity index (χ0v) is 12.0. The lowest BCUT2D eigenvalue weighted by Crippen LogP contribution is -2.42. The first-order chi connectivity index (χ1) is 8.83. The first-order valence-electron chi connectivity index (χ1n) is 6.72. The first-order valence-corrected chi connectivity index (χ1v) is 8.08. The molecule has 98 valence electrons. The van der Waals surface area contributed by atoms with Crippen LogP contribution in [0.25, 0.3) is 0 Å². The number of hydrogen-bond acceptors (Lipinski definition) is 3. The summed E-state index contributed by atoms with van der Waals surface area (Å²) in [5.41, 5.74) is 1.40. The second kappa shape index (κ2) is 5.83. The van der Waals surface area contributed by atoms with E-state index in [0.29, 0.717) is 12.1 Å². The fraction of sp³-hybridized carbons (Fsp3) is 0.571. The molecule has 2 N–H and O–H groups in total. The van der Waals surface area contributed by atoms with Crippen LogP contribution in [0.4, 0.5) is 0 Å². The molecule has 2 aliphatic rings. The van der Waals surface area contributed by atoms with Gasteiger partial charge < -0.3 is 10.6 Å². The van der Waals surface area contributed by atoms with Gasteiger partial charge in [0.15, 0.2) is 0 Å². The average molecular weight is 283 g/mol. The second-order valence-corrected chi connectivity index (χ2v) is 6.64. The van der Waals surface area contributed by atoms with Crippen LogP contribution in [0.15, 0.2) is 23.1 Å². The van der Waals surface area contributed by atoms with Gasteiger partial charge in [-0.3, -0.25) is 0 Å². The molecule has 1 fully saturated rings. The molecule has 1 unspecified atom stereocenters. The van der Waals surface area contributed by atoms with Crippen LogP contribution in [0.3, 0.4) is 0 Å². The van der Waals surface area contributed by atoms with Crippen LogP contribution in [0.2, 0.25) is 5.02 Å². The van der Waals surface area contributed by atoms with Gasteiger partial charge in [0.1, 0.15) is 0 Å². The van der Waals surface area contributed by atoms with Gasteiger partial charge in [0.25, 0.3) is 0 Å². The molecule has 0 aliphatic carbocycles. The molecule has 1 aromatic rings. The maximum absolute atomic E-state index is 6.14. The summed E-state index contributed by atoms with van der Waals surface area (Å²) in [6.45, 7) is 2.28.